The summed E-state index contributed by atoms with van der Waals surface area (Å²) in [7, 11) is 0. The first-order valence-electron chi connectivity index (χ1n) is 8.74. The van der Waals surface area contributed by atoms with E-state index in [-0.39, 0.29) is 18.5 Å². The summed E-state index contributed by atoms with van der Waals surface area (Å²) >= 11 is 0. The van der Waals surface area contributed by atoms with E-state index in [4.69, 9.17) is 9.47 Å². The van der Waals surface area contributed by atoms with E-state index in [1.807, 2.05) is 18.2 Å². The quantitative estimate of drug-likeness (QED) is 0.806. The van der Waals surface area contributed by atoms with E-state index in [0.717, 1.165) is 5.69 Å². The molecule has 1 aliphatic rings. The van der Waals surface area contributed by atoms with E-state index in [1.54, 1.807) is 35.4 Å². The van der Waals surface area contributed by atoms with Gasteiger partial charge in [-0.1, -0.05) is 12.1 Å². The molecule has 1 aliphatic heterocycles. The van der Waals surface area contributed by atoms with Crippen LogP contribution in [0.25, 0.3) is 0 Å². The Morgan fingerprint density at radius 3 is 2.78 bits per heavy atom. The second kappa shape index (κ2) is 9.54. The smallest absolute Gasteiger partial charge is 0.319 e. The average molecular weight is 370 g/mol. The Bertz CT molecular complexity index is 763. The zero-order chi connectivity index (χ0) is 18.9. The molecule has 1 fully saturated rings. The molecule has 1 saturated heterocycles. The molecule has 2 heterocycles. The van der Waals surface area contributed by atoms with Gasteiger partial charge in [-0.2, -0.15) is 0 Å². The van der Waals surface area contributed by atoms with E-state index in [0.29, 0.717) is 44.3 Å². The number of rotatable bonds is 6. The molecule has 8 nitrogen and oxygen atoms in total. The molecule has 0 unspecified atom stereocenters. The fraction of sp³-hybridized carbons (Fsp3) is 0.316. The number of carbonyl (C=O) groups is 2. The maximum Gasteiger partial charge on any atom is 0.319 e. The summed E-state index contributed by atoms with van der Waals surface area (Å²) in [5.41, 5.74) is 1.34. The number of urea groups is 1. The van der Waals surface area contributed by atoms with Gasteiger partial charge in [-0.25, -0.2) is 4.79 Å². The predicted molar refractivity (Wildman–Crippen MR) is 99.4 cm³/mol. The SMILES string of the molecule is O=C(NCc1ccccn1)Nc1cccc(OCC(=O)N2CCOCC2)c1. The van der Waals surface area contributed by atoms with E-state index in [2.05, 4.69) is 15.6 Å². The fourth-order valence-corrected chi connectivity index (χ4v) is 2.56. The van der Waals surface area contributed by atoms with Crippen molar-refractivity contribution in [3.63, 3.8) is 0 Å². The molecule has 27 heavy (non-hydrogen) atoms. The Morgan fingerprint density at radius 1 is 1.15 bits per heavy atom. The van der Waals surface area contributed by atoms with Crippen LogP contribution in [0, 0.1) is 0 Å². The third kappa shape index (κ3) is 5.96. The summed E-state index contributed by atoms with van der Waals surface area (Å²) in [6.45, 7) is 2.56. The predicted octanol–water partition coefficient (Wildman–Crippen LogP) is 1.64. The molecular weight excluding hydrogens is 348 g/mol. The van der Waals surface area contributed by atoms with Crippen molar-refractivity contribution in [2.45, 2.75) is 6.54 Å². The molecule has 0 bridgehead atoms. The van der Waals surface area contributed by atoms with Crippen LogP contribution in [-0.2, 0) is 16.1 Å². The van der Waals surface area contributed by atoms with Gasteiger partial charge in [0.1, 0.15) is 5.75 Å². The minimum Gasteiger partial charge on any atom is -0.484 e. The van der Waals surface area contributed by atoms with E-state index in [9.17, 15) is 9.59 Å². The van der Waals surface area contributed by atoms with Gasteiger partial charge in [0, 0.05) is 31.0 Å². The molecular formula is C19H22N4O4. The van der Waals surface area contributed by atoms with Gasteiger partial charge in [-0.15, -0.1) is 0 Å². The number of carbonyl (C=O) groups excluding carboxylic acids is 2. The molecule has 0 saturated carbocycles. The van der Waals surface area contributed by atoms with Crippen LogP contribution in [0.2, 0.25) is 0 Å². The van der Waals surface area contributed by atoms with Crippen molar-refractivity contribution in [3.8, 4) is 5.75 Å². The van der Waals surface area contributed by atoms with Gasteiger partial charge in [0.2, 0.25) is 0 Å². The molecule has 1 aromatic carbocycles. The highest BCUT2D eigenvalue weighted by Gasteiger charge is 2.17. The van der Waals surface area contributed by atoms with Crippen molar-refractivity contribution in [1.82, 2.24) is 15.2 Å². The van der Waals surface area contributed by atoms with Gasteiger partial charge in [-0.05, 0) is 24.3 Å². The number of nitrogens with zero attached hydrogens (tertiary/aromatic N) is 2. The summed E-state index contributed by atoms with van der Waals surface area (Å²) in [5.74, 6) is 0.434. The molecule has 2 N–H and O–H groups in total. The topological polar surface area (TPSA) is 92.8 Å². The summed E-state index contributed by atoms with van der Waals surface area (Å²) in [6.07, 6.45) is 1.67. The second-order valence-corrected chi connectivity index (χ2v) is 5.94. The van der Waals surface area contributed by atoms with Crippen molar-refractivity contribution in [2.24, 2.45) is 0 Å². The van der Waals surface area contributed by atoms with Gasteiger partial charge >= 0.3 is 6.03 Å². The number of pyridine rings is 1. The van der Waals surface area contributed by atoms with Gasteiger partial charge < -0.3 is 25.0 Å². The lowest BCUT2D eigenvalue weighted by atomic mass is 10.3. The summed E-state index contributed by atoms with van der Waals surface area (Å²) in [4.78, 5) is 30.0. The Labute approximate surface area is 157 Å². The van der Waals surface area contributed by atoms with E-state index >= 15 is 0 Å². The van der Waals surface area contributed by atoms with Gasteiger partial charge in [0.25, 0.3) is 5.91 Å². The normalized spacial score (nSPS) is 13.7. The lowest BCUT2D eigenvalue weighted by Gasteiger charge is -2.26. The van der Waals surface area contributed by atoms with Crippen LogP contribution >= 0.6 is 0 Å². The standard InChI is InChI=1S/C19H22N4O4/c24-18(23-8-10-26-11-9-23)14-27-17-6-3-5-15(12-17)22-19(25)21-13-16-4-1-2-7-20-16/h1-7,12H,8-11,13-14H2,(H2,21,22,25). The monoisotopic (exact) mass is 370 g/mol. The number of benzene rings is 1. The molecule has 8 heteroatoms. The van der Waals surface area contributed by atoms with Crippen LogP contribution in [0.5, 0.6) is 5.75 Å². The van der Waals surface area contributed by atoms with Crippen LogP contribution in [0.15, 0.2) is 48.7 Å². The third-order valence-electron chi connectivity index (χ3n) is 3.97. The molecule has 0 radical (unpaired) electrons. The zero-order valence-corrected chi connectivity index (χ0v) is 14.9. The Balaban J connectivity index is 1.46. The van der Waals surface area contributed by atoms with Gasteiger partial charge in [-0.3, -0.25) is 9.78 Å². The number of hydrogen-bond acceptors (Lipinski definition) is 5. The lowest BCUT2D eigenvalue weighted by molar-refractivity contribution is -0.137. The maximum absolute atomic E-state index is 12.1. The molecule has 0 aliphatic carbocycles. The fourth-order valence-electron chi connectivity index (χ4n) is 2.56. The largest absolute Gasteiger partial charge is 0.484 e. The Hall–Kier alpha value is -3.13. The number of nitrogens with one attached hydrogen (secondary N) is 2. The first-order chi connectivity index (χ1) is 13.2. The lowest BCUT2D eigenvalue weighted by Crippen LogP contribution is -2.42. The average Bonchev–Trinajstić information content (AvgIpc) is 2.72. The first kappa shape index (κ1) is 18.7. The highest BCUT2D eigenvalue weighted by atomic mass is 16.5. The van der Waals surface area contributed by atoms with Crippen molar-refractivity contribution in [2.75, 3.05) is 38.2 Å². The highest BCUT2D eigenvalue weighted by Crippen LogP contribution is 2.17. The first-order valence-corrected chi connectivity index (χ1v) is 8.74. The Morgan fingerprint density at radius 2 is 2.00 bits per heavy atom. The number of morpholine rings is 1. The summed E-state index contributed by atoms with van der Waals surface area (Å²) in [6, 6.07) is 12.1. The second-order valence-electron chi connectivity index (χ2n) is 5.94. The molecule has 0 spiro atoms. The number of amides is 3. The van der Waals surface area contributed by atoms with Crippen LogP contribution in [0.1, 0.15) is 5.69 Å². The van der Waals surface area contributed by atoms with Crippen LogP contribution in [0.4, 0.5) is 10.5 Å². The van der Waals surface area contributed by atoms with Gasteiger partial charge in [0.15, 0.2) is 6.61 Å². The highest BCUT2D eigenvalue weighted by molar-refractivity contribution is 5.89. The van der Waals surface area contributed by atoms with Crippen molar-refractivity contribution >= 4 is 17.6 Å². The van der Waals surface area contributed by atoms with Crippen molar-refractivity contribution in [3.05, 3.63) is 54.4 Å². The Kier molecular flexibility index (Phi) is 6.59. The molecule has 0 atom stereocenters. The molecule has 1 aromatic heterocycles. The summed E-state index contributed by atoms with van der Waals surface area (Å²) < 4.78 is 10.8. The molecule has 2 aromatic rings. The van der Waals surface area contributed by atoms with Crippen molar-refractivity contribution in [1.29, 1.82) is 0 Å². The molecule has 142 valence electrons. The number of hydrogen-bond donors (Lipinski definition) is 2. The van der Waals surface area contributed by atoms with Crippen LogP contribution < -0.4 is 15.4 Å². The zero-order valence-electron chi connectivity index (χ0n) is 14.9. The number of anilines is 1. The number of ether oxygens (including phenoxy) is 2. The summed E-state index contributed by atoms with van der Waals surface area (Å²) in [5, 5.41) is 5.47. The van der Waals surface area contributed by atoms with Crippen molar-refractivity contribution < 1.29 is 19.1 Å². The number of aromatic nitrogens is 1. The van der Waals surface area contributed by atoms with Crippen LogP contribution in [-0.4, -0.2) is 54.7 Å². The molecule has 3 amide bonds. The van der Waals surface area contributed by atoms with E-state index in [1.165, 1.54) is 0 Å². The maximum atomic E-state index is 12.1. The van der Waals surface area contributed by atoms with Crippen LogP contribution in [0.3, 0.4) is 0 Å². The minimum atomic E-state index is -0.345. The molecule has 3 rings (SSSR count). The van der Waals surface area contributed by atoms with E-state index < -0.39 is 0 Å². The van der Waals surface area contributed by atoms with Gasteiger partial charge in [0.05, 0.1) is 25.5 Å². The minimum absolute atomic E-state index is 0.0463. The third-order valence-corrected chi connectivity index (χ3v) is 3.97.